The van der Waals surface area contributed by atoms with Crippen LogP contribution in [0.5, 0.6) is 0 Å². The van der Waals surface area contributed by atoms with E-state index in [-0.39, 0.29) is 0 Å². The van der Waals surface area contributed by atoms with Crippen LogP contribution in [-0.2, 0) is 23.9 Å². The van der Waals surface area contributed by atoms with Crippen LogP contribution in [0.15, 0.2) is 4.99 Å². The zero-order chi connectivity index (χ0) is 26.4. The van der Waals surface area contributed by atoms with Crippen molar-refractivity contribution < 1.29 is 63.4 Å². The second-order valence-corrected chi connectivity index (χ2v) is 6.38. The highest BCUT2D eigenvalue weighted by Crippen LogP contribution is 2.21. The van der Waals surface area contributed by atoms with Crippen molar-refractivity contribution in [2.75, 3.05) is 6.54 Å². The molecule has 3 amide bonds. The zero-order valence-electron chi connectivity index (χ0n) is 16.7. The van der Waals surface area contributed by atoms with E-state index in [2.05, 4.69) is 9.73 Å². The molecule has 0 spiro atoms. The fourth-order valence-corrected chi connectivity index (χ4v) is 1.96. The van der Waals surface area contributed by atoms with E-state index in [1.807, 2.05) is 0 Å². The molecule has 0 heterocycles. The van der Waals surface area contributed by atoms with Crippen LogP contribution >= 0.6 is 0 Å². The predicted molar refractivity (Wildman–Crippen MR) is 88.9 cm³/mol. The van der Waals surface area contributed by atoms with Crippen LogP contribution < -0.4 is 11.1 Å². The maximum Gasteiger partial charge on any atom is 0.473 e. The van der Waals surface area contributed by atoms with E-state index in [0.29, 0.717) is 0 Å². The van der Waals surface area contributed by atoms with Crippen molar-refractivity contribution in [3.05, 3.63) is 0 Å². The molecular formula is C15H17F9N4O5. The second kappa shape index (κ2) is 11.2. The number of esters is 1. The molecule has 0 radical (unpaired) electrons. The Labute approximate surface area is 179 Å². The van der Waals surface area contributed by atoms with Gasteiger partial charge in [0.15, 0.2) is 0 Å². The van der Waals surface area contributed by atoms with Gasteiger partial charge >= 0.3 is 42.2 Å². The summed E-state index contributed by atoms with van der Waals surface area (Å²) < 4.78 is 117. The van der Waals surface area contributed by atoms with E-state index in [1.54, 1.807) is 0 Å². The molecule has 0 aromatic heterocycles. The van der Waals surface area contributed by atoms with E-state index in [0.717, 1.165) is 0 Å². The molecule has 1 unspecified atom stereocenters. The molecule has 0 fully saturated rings. The number of halogens is 9. The van der Waals surface area contributed by atoms with E-state index < -0.39 is 84.6 Å². The largest absolute Gasteiger partial charge is 0.473 e. The van der Waals surface area contributed by atoms with Crippen LogP contribution in [0, 0.1) is 0 Å². The summed E-state index contributed by atoms with van der Waals surface area (Å²) in [6.07, 6.45) is -19.3. The smallest absolute Gasteiger partial charge is 0.461 e. The summed E-state index contributed by atoms with van der Waals surface area (Å²) in [5.74, 6) is -11.6. The van der Waals surface area contributed by atoms with Gasteiger partial charge < -0.3 is 15.8 Å². The fraction of sp³-hybridized carbons (Fsp3) is 0.667. The molecule has 0 aliphatic rings. The van der Waals surface area contributed by atoms with E-state index in [9.17, 15) is 58.7 Å². The number of rotatable bonds is 7. The number of nitrogens with one attached hydrogen (secondary N) is 1. The molecule has 0 aliphatic carbocycles. The summed E-state index contributed by atoms with van der Waals surface area (Å²) in [5, 5.41) is 1.25. The van der Waals surface area contributed by atoms with Gasteiger partial charge in [0.1, 0.15) is 6.04 Å². The second-order valence-electron chi connectivity index (χ2n) is 6.38. The first-order valence-corrected chi connectivity index (χ1v) is 8.60. The quantitative estimate of drug-likeness (QED) is 0.234. The third-order valence-electron chi connectivity index (χ3n) is 3.30. The van der Waals surface area contributed by atoms with E-state index in [4.69, 9.17) is 5.73 Å². The van der Waals surface area contributed by atoms with Crippen molar-refractivity contribution in [1.29, 1.82) is 0 Å². The van der Waals surface area contributed by atoms with Crippen LogP contribution in [0.25, 0.3) is 0 Å². The molecule has 18 heteroatoms. The van der Waals surface area contributed by atoms with Crippen molar-refractivity contribution in [3.8, 4) is 0 Å². The number of guanidine groups is 1. The number of nitrogens with two attached hydrogens (primary N) is 1. The molecule has 9 nitrogen and oxygen atoms in total. The Morgan fingerprint density at radius 3 is 1.85 bits per heavy atom. The van der Waals surface area contributed by atoms with Crippen LogP contribution in [0.2, 0.25) is 0 Å². The number of carbonyl (C=O) groups excluding carboxylic acids is 4. The first-order valence-electron chi connectivity index (χ1n) is 8.60. The minimum absolute atomic E-state index is 0.583. The Hall–Kier alpha value is -3.08. The van der Waals surface area contributed by atoms with Gasteiger partial charge in [0.05, 0.1) is 6.10 Å². The standard InChI is InChI=1S/C15H17F9N4O5/c1-6(2)33-8(29)7(26-9(30)13(16,17)18)4-3-5-28(11(32)15(22,23)24)12(25)27-10(31)14(19,20)21/h6-7H,3-5H2,1-2H3,(H,26,30)(H2,25,27,31). The Morgan fingerprint density at radius 1 is 0.939 bits per heavy atom. The van der Waals surface area contributed by atoms with Gasteiger partial charge in [-0.3, -0.25) is 19.3 Å². The molecule has 0 rings (SSSR count). The first-order chi connectivity index (χ1) is 14.7. The number of nitrogens with zero attached hydrogens (tertiary/aromatic N) is 2. The molecule has 0 aromatic rings. The first kappa shape index (κ1) is 29.9. The number of carbonyl (C=O) groups is 4. The van der Waals surface area contributed by atoms with Gasteiger partial charge in [-0.1, -0.05) is 0 Å². The van der Waals surface area contributed by atoms with Gasteiger partial charge in [-0.25, -0.2) is 4.79 Å². The van der Waals surface area contributed by atoms with Gasteiger partial charge in [0, 0.05) is 6.54 Å². The maximum absolute atomic E-state index is 12.7. The topological polar surface area (TPSA) is 131 Å². The lowest BCUT2D eigenvalue weighted by Gasteiger charge is -2.24. The maximum atomic E-state index is 12.7. The monoisotopic (exact) mass is 504 g/mol. The summed E-state index contributed by atoms with van der Waals surface area (Å²) in [4.78, 5) is 46.8. The fourth-order valence-electron chi connectivity index (χ4n) is 1.96. The number of alkyl halides is 9. The summed E-state index contributed by atoms with van der Waals surface area (Å²) >= 11 is 0. The minimum Gasteiger partial charge on any atom is -0.461 e. The number of aliphatic imine (C=N–C) groups is 1. The lowest BCUT2D eigenvalue weighted by Crippen LogP contribution is -2.50. The normalized spacial score (nSPS) is 14.0. The van der Waals surface area contributed by atoms with Crippen LogP contribution in [0.1, 0.15) is 26.7 Å². The molecule has 0 bridgehead atoms. The summed E-state index contributed by atoms with van der Waals surface area (Å²) in [6, 6.07) is -2.06. The third-order valence-corrected chi connectivity index (χ3v) is 3.30. The number of hydrogen-bond donors (Lipinski definition) is 2. The molecule has 0 aromatic carbocycles. The minimum atomic E-state index is -5.69. The average Bonchev–Trinajstić information content (AvgIpc) is 2.60. The molecule has 190 valence electrons. The van der Waals surface area contributed by atoms with Crippen LogP contribution in [-0.4, -0.2) is 71.8 Å². The van der Waals surface area contributed by atoms with E-state index in [1.165, 1.54) is 19.2 Å². The molecule has 1 atom stereocenters. The number of amides is 3. The Balaban J connectivity index is 5.68. The summed E-state index contributed by atoms with van der Waals surface area (Å²) in [5.41, 5.74) is 4.92. The highest BCUT2D eigenvalue weighted by molar-refractivity contribution is 6.03. The Morgan fingerprint density at radius 2 is 1.45 bits per heavy atom. The highest BCUT2D eigenvalue weighted by Gasteiger charge is 2.45. The van der Waals surface area contributed by atoms with Crippen molar-refractivity contribution in [3.63, 3.8) is 0 Å². The zero-order valence-corrected chi connectivity index (χ0v) is 16.7. The van der Waals surface area contributed by atoms with Crippen LogP contribution in [0.4, 0.5) is 39.5 Å². The number of hydrogen-bond acceptors (Lipinski definition) is 5. The molecule has 0 saturated heterocycles. The predicted octanol–water partition coefficient (Wildman–Crippen LogP) is 1.56. The molecule has 0 aliphatic heterocycles. The molecule has 0 saturated carbocycles. The Kier molecular flexibility index (Phi) is 10.1. The van der Waals surface area contributed by atoms with Gasteiger partial charge in [-0.05, 0) is 26.7 Å². The van der Waals surface area contributed by atoms with Gasteiger partial charge in [-0.2, -0.15) is 44.5 Å². The average molecular weight is 504 g/mol. The highest BCUT2D eigenvalue weighted by atomic mass is 19.4. The SMILES string of the molecule is CC(C)OC(=O)C(CCCN(C(=O)C(F)(F)F)C(N)=NC(=O)C(F)(F)F)NC(=O)C(F)(F)F. The van der Waals surface area contributed by atoms with E-state index >= 15 is 0 Å². The van der Waals surface area contributed by atoms with Crippen molar-refractivity contribution >= 4 is 29.7 Å². The molecule has 33 heavy (non-hydrogen) atoms. The number of ether oxygens (including phenoxy) is 1. The lowest BCUT2D eigenvalue weighted by atomic mass is 10.1. The molecular weight excluding hydrogens is 487 g/mol. The van der Waals surface area contributed by atoms with Gasteiger partial charge in [-0.15, -0.1) is 0 Å². The summed E-state index contributed by atoms with van der Waals surface area (Å²) in [6.45, 7) is 1.34. The Bertz CT molecular complexity index is 775. The molecule has 3 N–H and O–H groups in total. The van der Waals surface area contributed by atoms with Gasteiger partial charge in [0.2, 0.25) is 5.96 Å². The lowest BCUT2D eigenvalue weighted by molar-refractivity contribution is -0.181. The summed E-state index contributed by atoms with van der Waals surface area (Å²) in [7, 11) is 0. The van der Waals surface area contributed by atoms with Crippen molar-refractivity contribution in [2.24, 2.45) is 10.7 Å². The van der Waals surface area contributed by atoms with Gasteiger partial charge in [0.25, 0.3) is 0 Å². The van der Waals surface area contributed by atoms with Crippen molar-refractivity contribution in [1.82, 2.24) is 10.2 Å². The van der Waals surface area contributed by atoms with Crippen molar-refractivity contribution in [2.45, 2.75) is 57.4 Å². The van der Waals surface area contributed by atoms with Crippen LogP contribution in [0.3, 0.4) is 0 Å². The third kappa shape index (κ3) is 10.4.